The van der Waals surface area contributed by atoms with E-state index in [-0.39, 0.29) is 17.5 Å². The van der Waals surface area contributed by atoms with Gasteiger partial charge in [0.05, 0.1) is 6.20 Å². The summed E-state index contributed by atoms with van der Waals surface area (Å²) in [5.41, 5.74) is 7.02. The highest BCUT2D eigenvalue weighted by molar-refractivity contribution is 7.16. The summed E-state index contributed by atoms with van der Waals surface area (Å²) in [6, 6.07) is 10.2. The molecule has 1 aromatic heterocycles. The minimum Gasteiger partial charge on any atom is -0.332 e. The van der Waals surface area contributed by atoms with Crippen molar-refractivity contribution in [2.45, 2.75) is 30.8 Å². The molecule has 4 nitrogen and oxygen atoms in total. The molecule has 2 fully saturated rings. The maximum absolute atomic E-state index is 12.6. The summed E-state index contributed by atoms with van der Waals surface area (Å²) in [6.07, 6.45) is 4.70. The molecule has 21 heavy (non-hydrogen) atoms. The molecule has 1 saturated heterocycles. The Labute approximate surface area is 127 Å². The lowest BCUT2D eigenvalue weighted by molar-refractivity contribution is -0.0580. The number of hydrogen-bond donors (Lipinski definition) is 1. The lowest BCUT2D eigenvalue weighted by Gasteiger charge is -2.60. The Morgan fingerprint density at radius 3 is 2.71 bits per heavy atom. The Bertz CT molecular complexity index is 676. The van der Waals surface area contributed by atoms with Gasteiger partial charge in [0.25, 0.3) is 5.91 Å². The van der Waals surface area contributed by atoms with Gasteiger partial charge in [0, 0.05) is 23.7 Å². The van der Waals surface area contributed by atoms with Gasteiger partial charge in [-0.05, 0) is 19.3 Å². The lowest BCUT2D eigenvalue weighted by Crippen LogP contribution is -2.70. The van der Waals surface area contributed by atoms with Crippen LogP contribution in [-0.2, 0) is 0 Å². The first-order valence-corrected chi connectivity index (χ1v) is 8.08. The SMILES string of the molecule is NC1CC2(CCN2C(=O)c2cnc(-c3ccccc3)s2)C1. The van der Waals surface area contributed by atoms with E-state index in [9.17, 15) is 4.79 Å². The Kier molecular flexibility index (Phi) is 2.87. The largest absolute Gasteiger partial charge is 0.332 e. The predicted molar refractivity (Wildman–Crippen MR) is 83.1 cm³/mol. The van der Waals surface area contributed by atoms with Crippen LogP contribution >= 0.6 is 11.3 Å². The van der Waals surface area contributed by atoms with Crippen LogP contribution in [0.1, 0.15) is 28.9 Å². The van der Waals surface area contributed by atoms with Gasteiger partial charge in [0.2, 0.25) is 0 Å². The molecule has 0 bridgehead atoms. The number of nitrogens with zero attached hydrogens (tertiary/aromatic N) is 2. The van der Waals surface area contributed by atoms with Crippen molar-refractivity contribution in [1.82, 2.24) is 9.88 Å². The fraction of sp³-hybridized carbons (Fsp3) is 0.375. The van der Waals surface area contributed by atoms with Gasteiger partial charge in [0.15, 0.2) is 0 Å². The van der Waals surface area contributed by atoms with E-state index in [1.54, 1.807) is 6.20 Å². The van der Waals surface area contributed by atoms with Crippen LogP contribution in [0.3, 0.4) is 0 Å². The standard InChI is InChI=1S/C16H17N3OS/c17-12-8-16(9-12)6-7-19(16)15(20)13-10-18-14(21-13)11-4-2-1-3-5-11/h1-5,10,12H,6-9,17H2. The van der Waals surface area contributed by atoms with E-state index in [4.69, 9.17) is 5.73 Å². The number of likely N-dealkylation sites (tertiary alicyclic amines) is 1. The number of carbonyl (C=O) groups is 1. The van der Waals surface area contributed by atoms with E-state index < -0.39 is 0 Å². The van der Waals surface area contributed by atoms with Crippen molar-refractivity contribution in [2.24, 2.45) is 5.73 Å². The molecule has 2 aromatic rings. The molecule has 1 amide bonds. The molecular formula is C16H17N3OS. The molecule has 1 aliphatic heterocycles. The molecule has 1 spiro atoms. The second-order valence-electron chi connectivity index (χ2n) is 6.00. The van der Waals surface area contributed by atoms with Gasteiger partial charge < -0.3 is 10.6 Å². The zero-order chi connectivity index (χ0) is 14.4. The maximum atomic E-state index is 12.6. The van der Waals surface area contributed by atoms with Gasteiger partial charge in [0.1, 0.15) is 9.88 Å². The Morgan fingerprint density at radius 1 is 1.33 bits per heavy atom. The second kappa shape index (κ2) is 4.64. The van der Waals surface area contributed by atoms with Crippen LogP contribution in [0.25, 0.3) is 10.6 Å². The smallest absolute Gasteiger partial charge is 0.266 e. The number of thiazole rings is 1. The molecule has 1 saturated carbocycles. The molecule has 0 atom stereocenters. The van der Waals surface area contributed by atoms with Crippen molar-refractivity contribution in [3.05, 3.63) is 41.4 Å². The topological polar surface area (TPSA) is 59.2 Å². The van der Waals surface area contributed by atoms with Crippen LogP contribution in [0, 0.1) is 0 Å². The van der Waals surface area contributed by atoms with Crippen LogP contribution < -0.4 is 5.73 Å². The first-order valence-electron chi connectivity index (χ1n) is 7.27. The molecule has 2 heterocycles. The molecule has 1 aromatic carbocycles. The average Bonchev–Trinajstić information content (AvgIpc) is 2.93. The third-order valence-electron chi connectivity index (χ3n) is 4.64. The first kappa shape index (κ1) is 13.0. The normalized spacial score (nSPS) is 27.3. The molecule has 108 valence electrons. The molecule has 1 aliphatic carbocycles. The predicted octanol–water partition coefficient (Wildman–Crippen LogP) is 2.52. The third kappa shape index (κ3) is 2.00. The van der Waals surface area contributed by atoms with Gasteiger partial charge in [-0.1, -0.05) is 30.3 Å². The number of rotatable bonds is 2. The van der Waals surface area contributed by atoms with Crippen LogP contribution in [0.4, 0.5) is 0 Å². The number of carbonyl (C=O) groups excluding carboxylic acids is 1. The van der Waals surface area contributed by atoms with Crippen molar-refractivity contribution < 1.29 is 4.79 Å². The number of aromatic nitrogens is 1. The average molecular weight is 299 g/mol. The van der Waals surface area contributed by atoms with E-state index >= 15 is 0 Å². The molecule has 2 N–H and O–H groups in total. The van der Waals surface area contributed by atoms with Gasteiger partial charge in [-0.2, -0.15) is 0 Å². The maximum Gasteiger partial charge on any atom is 0.266 e. The van der Waals surface area contributed by atoms with E-state index in [0.717, 1.165) is 41.3 Å². The minimum atomic E-state index is 0.0629. The summed E-state index contributed by atoms with van der Waals surface area (Å²) < 4.78 is 0. The van der Waals surface area contributed by atoms with Gasteiger partial charge >= 0.3 is 0 Å². The first-order chi connectivity index (χ1) is 10.2. The molecule has 5 heteroatoms. The van der Waals surface area contributed by atoms with Crippen LogP contribution in [0.5, 0.6) is 0 Å². The van der Waals surface area contributed by atoms with Crippen molar-refractivity contribution in [2.75, 3.05) is 6.54 Å². The highest BCUT2D eigenvalue weighted by Gasteiger charge is 2.54. The van der Waals surface area contributed by atoms with Crippen molar-refractivity contribution in [1.29, 1.82) is 0 Å². The lowest BCUT2D eigenvalue weighted by atomic mass is 9.65. The number of amides is 1. The van der Waals surface area contributed by atoms with Crippen molar-refractivity contribution in [3.63, 3.8) is 0 Å². The van der Waals surface area contributed by atoms with E-state index in [2.05, 4.69) is 4.98 Å². The van der Waals surface area contributed by atoms with Crippen molar-refractivity contribution >= 4 is 17.2 Å². The monoisotopic (exact) mass is 299 g/mol. The second-order valence-corrected chi connectivity index (χ2v) is 7.03. The van der Waals surface area contributed by atoms with Gasteiger partial charge in [-0.15, -0.1) is 11.3 Å². The summed E-state index contributed by atoms with van der Waals surface area (Å²) in [7, 11) is 0. The zero-order valence-corrected chi connectivity index (χ0v) is 12.5. The molecule has 4 rings (SSSR count). The molecule has 2 aliphatic rings. The van der Waals surface area contributed by atoms with Crippen molar-refractivity contribution in [3.8, 4) is 10.6 Å². The van der Waals surface area contributed by atoms with Crippen LogP contribution in [-0.4, -0.2) is 33.9 Å². The quantitative estimate of drug-likeness (QED) is 0.927. The Hall–Kier alpha value is -1.72. The highest BCUT2D eigenvalue weighted by atomic mass is 32.1. The number of hydrogen-bond acceptors (Lipinski definition) is 4. The summed E-state index contributed by atoms with van der Waals surface area (Å²) in [5.74, 6) is 0.118. The zero-order valence-electron chi connectivity index (χ0n) is 11.7. The number of benzene rings is 1. The van der Waals surface area contributed by atoms with Crippen LogP contribution in [0.15, 0.2) is 36.5 Å². The van der Waals surface area contributed by atoms with Crippen LogP contribution in [0.2, 0.25) is 0 Å². The molecular weight excluding hydrogens is 282 g/mol. The Balaban J connectivity index is 1.55. The molecule has 0 unspecified atom stereocenters. The summed E-state index contributed by atoms with van der Waals surface area (Å²) in [5, 5.41) is 0.902. The minimum absolute atomic E-state index is 0.0629. The summed E-state index contributed by atoms with van der Waals surface area (Å²) >= 11 is 1.47. The van der Waals surface area contributed by atoms with E-state index in [0.29, 0.717) is 0 Å². The summed E-state index contributed by atoms with van der Waals surface area (Å²) in [4.78, 5) is 19.8. The third-order valence-corrected chi connectivity index (χ3v) is 5.67. The summed E-state index contributed by atoms with van der Waals surface area (Å²) in [6.45, 7) is 0.851. The fourth-order valence-corrected chi connectivity index (χ4v) is 4.29. The van der Waals surface area contributed by atoms with E-state index in [1.807, 2.05) is 35.2 Å². The molecule has 0 radical (unpaired) electrons. The number of nitrogens with two attached hydrogens (primary N) is 1. The van der Waals surface area contributed by atoms with E-state index in [1.165, 1.54) is 11.3 Å². The fourth-order valence-electron chi connectivity index (χ4n) is 3.42. The van der Waals surface area contributed by atoms with Gasteiger partial charge in [-0.3, -0.25) is 4.79 Å². The van der Waals surface area contributed by atoms with Gasteiger partial charge in [-0.25, -0.2) is 4.98 Å². The Morgan fingerprint density at radius 2 is 2.10 bits per heavy atom. The highest BCUT2D eigenvalue weighted by Crippen LogP contribution is 2.47.